The van der Waals surface area contributed by atoms with Gasteiger partial charge in [-0.1, -0.05) is 56.4 Å². The maximum Gasteiger partial charge on any atom is 0.303 e. The van der Waals surface area contributed by atoms with Crippen molar-refractivity contribution in [2.75, 3.05) is 0 Å². The highest BCUT2D eigenvalue weighted by Crippen LogP contribution is 2.46. The van der Waals surface area contributed by atoms with Gasteiger partial charge in [0.2, 0.25) is 0 Å². The van der Waals surface area contributed by atoms with E-state index in [9.17, 15) is 9.90 Å². The molecule has 1 saturated carbocycles. The first-order chi connectivity index (χ1) is 13.1. The number of allylic oxidation sites excluding steroid dienone is 2. The third-order valence-electron chi connectivity index (χ3n) is 6.68. The van der Waals surface area contributed by atoms with Gasteiger partial charge in [-0.3, -0.25) is 4.79 Å². The average Bonchev–Trinajstić information content (AvgIpc) is 3.25. The van der Waals surface area contributed by atoms with Crippen LogP contribution in [0.1, 0.15) is 77.0 Å². The molecule has 2 bridgehead atoms. The van der Waals surface area contributed by atoms with Gasteiger partial charge in [0.15, 0.2) is 0 Å². The molecular formula is C23H36O4. The van der Waals surface area contributed by atoms with Crippen LogP contribution in [0.3, 0.4) is 0 Å². The van der Waals surface area contributed by atoms with Crippen molar-refractivity contribution in [3.05, 3.63) is 24.3 Å². The fourth-order valence-corrected chi connectivity index (χ4v) is 5.23. The number of rotatable bonds is 10. The van der Waals surface area contributed by atoms with E-state index >= 15 is 0 Å². The molecule has 0 amide bonds. The Bertz CT molecular complexity index is 520. The Kier molecular flexibility index (Phi) is 7.95. The molecule has 0 aromatic carbocycles. The largest absolute Gasteiger partial charge is 0.481 e. The van der Waals surface area contributed by atoms with Crippen LogP contribution in [0, 0.1) is 17.8 Å². The monoisotopic (exact) mass is 376 g/mol. The van der Waals surface area contributed by atoms with Crippen LogP contribution in [0.25, 0.3) is 0 Å². The molecule has 0 radical (unpaired) electrons. The van der Waals surface area contributed by atoms with E-state index in [0.29, 0.717) is 36.4 Å². The Morgan fingerprint density at radius 1 is 1.07 bits per heavy atom. The van der Waals surface area contributed by atoms with Gasteiger partial charge in [-0.25, -0.2) is 0 Å². The molecule has 5 atom stereocenters. The fourth-order valence-electron chi connectivity index (χ4n) is 5.23. The van der Waals surface area contributed by atoms with Gasteiger partial charge in [-0.15, -0.1) is 0 Å². The minimum atomic E-state index is -0.720. The van der Waals surface area contributed by atoms with E-state index in [2.05, 4.69) is 18.2 Å². The van der Waals surface area contributed by atoms with Crippen LogP contribution in [-0.4, -0.2) is 34.5 Å². The molecule has 152 valence electrons. The van der Waals surface area contributed by atoms with E-state index in [4.69, 9.17) is 9.84 Å². The standard InChI is InChI=1S/C23H36O4/c24-18(16-17-8-4-3-5-9-17)12-13-20-19(21-14-15-22(20)27-21)10-6-1-2-7-11-23(25)26/h1,6,12-13,17-22,24H,2-5,7-11,14-16H2,(H,25,26)/b6-1-,13-12+/t18?,19-,20-,21+,22-/m0/s1. The van der Waals surface area contributed by atoms with Crippen LogP contribution in [0.5, 0.6) is 0 Å². The highest BCUT2D eigenvalue weighted by Gasteiger charge is 2.46. The number of aliphatic hydroxyl groups is 1. The minimum Gasteiger partial charge on any atom is -0.481 e. The Hall–Kier alpha value is -1.13. The summed E-state index contributed by atoms with van der Waals surface area (Å²) in [6.45, 7) is 0. The molecule has 4 heteroatoms. The number of aliphatic carboxylic acids is 1. The van der Waals surface area contributed by atoms with Crippen molar-refractivity contribution in [1.82, 2.24) is 0 Å². The van der Waals surface area contributed by atoms with E-state index in [1.165, 1.54) is 32.1 Å². The van der Waals surface area contributed by atoms with Crippen LogP contribution >= 0.6 is 0 Å². The highest BCUT2D eigenvalue weighted by atomic mass is 16.5. The molecule has 0 aromatic rings. The maximum absolute atomic E-state index is 10.6. The molecule has 2 saturated heterocycles. The van der Waals surface area contributed by atoms with Crippen molar-refractivity contribution in [3.8, 4) is 0 Å². The van der Waals surface area contributed by atoms with Crippen LogP contribution in [0.2, 0.25) is 0 Å². The molecule has 2 N–H and O–H groups in total. The van der Waals surface area contributed by atoms with E-state index in [0.717, 1.165) is 32.1 Å². The number of aliphatic hydroxyl groups excluding tert-OH is 1. The first kappa shape index (κ1) is 20.6. The van der Waals surface area contributed by atoms with Gasteiger partial charge in [0, 0.05) is 12.3 Å². The summed E-state index contributed by atoms with van der Waals surface area (Å²) in [4.78, 5) is 10.6. The lowest BCUT2D eigenvalue weighted by molar-refractivity contribution is -0.137. The van der Waals surface area contributed by atoms with Crippen molar-refractivity contribution < 1.29 is 19.7 Å². The summed E-state index contributed by atoms with van der Waals surface area (Å²) < 4.78 is 6.14. The summed E-state index contributed by atoms with van der Waals surface area (Å²) in [5, 5.41) is 19.1. The second kappa shape index (κ2) is 10.4. The number of hydrogen-bond donors (Lipinski definition) is 2. The summed E-state index contributed by atoms with van der Waals surface area (Å²) in [5.41, 5.74) is 0. The van der Waals surface area contributed by atoms with Crippen LogP contribution in [-0.2, 0) is 9.53 Å². The number of ether oxygens (including phenoxy) is 1. The number of carboxylic acids is 1. The predicted molar refractivity (Wildman–Crippen MR) is 106 cm³/mol. The second-order valence-electron chi connectivity index (χ2n) is 8.72. The molecule has 1 aliphatic carbocycles. The topological polar surface area (TPSA) is 66.8 Å². The molecule has 4 nitrogen and oxygen atoms in total. The number of carboxylic acid groups (broad SMARTS) is 1. The normalized spacial score (nSPS) is 32.6. The molecule has 1 unspecified atom stereocenters. The quantitative estimate of drug-likeness (QED) is 0.422. The van der Waals surface area contributed by atoms with Gasteiger partial charge in [-0.05, 0) is 50.4 Å². The third kappa shape index (κ3) is 6.18. The van der Waals surface area contributed by atoms with Crippen molar-refractivity contribution in [2.45, 2.75) is 95.4 Å². The van der Waals surface area contributed by atoms with Gasteiger partial charge in [0.05, 0.1) is 18.3 Å². The molecule has 2 aliphatic heterocycles. The van der Waals surface area contributed by atoms with Crippen LogP contribution in [0.4, 0.5) is 0 Å². The fraction of sp³-hybridized carbons (Fsp3) is 0.783. The molecule has 3 fully saturated rings. The summed E-state index contributed by atoms with van der Waals surface area (Å²) in [6, 6.07) is 0. The zero-order chi connectivity index (χ0) is 19.1. The maximum atomic E-state index is 10.6. The second-order valence-corrected chi connectivity index (χ2v) is 8.72. The molecule has 0 spiro atoms. The Morgan fingerprint density at radius 3 is 2.63 bits per heavy atom. The van der Waals surface area contributed by atoms with Gasteiger partial charge < -0.3 is 14.9 Å². The van der Waals surface area contributed by atoms with E-state index in [1.54, 1.807) is 0 Å². The van der Waals surface area contributed by atoms with Gasteiger partial charge >= 0.3 is 5.97 Å². The summed E-state index contributed by atoms with van der Waals surface area (Å²) in [7, 11) is 0. The smallest absolute Gasteiger partial charge is 0.303 e. The zero-order valence-corrected chi connectivity index (χ0v) is 16.5. The Balaban J connectivity index is 1.45. The van der Waals surface area contributed by atoms with Gasteiger partial charge in [0.25, 0.3) is 0 Å². The highest BCUT2D eigenvalue weighted by molar-refractivity contribution is 5.66. The average molecular weight is 377 g/mol. The molecule has 27 heavy (non-hydrogen) atoms. The first-order valence-corrected chi connectivity index (χ1v) is 11.0. The Morgan fingerprint density at radius 2 is 1.85 bits per heavy atom. The first-order valence-electron chi connectivity index (χ1n) is 11.0. The van der Waals surface area contributed by atoms with Crippen molar-refractivity contribution in [1.29, 1.82) is 0 Å². The van der Waals surface area contributed by atoms with Crippen molar-refractivity contribution in [3.63, 3.8) is 0 Å². The molecule has 0 aromatic heterocycles. The van der Waals surface area contributed by atoms with E-state index in [1.807, 2.05) is 6.08 Å². The minimum absolute atomic E-state index is 0.242. The molecule has 3 rings (SSSR count). The summed E-state index contributed by atoms with van der Waals surface area (Å²) >= 11 is 0. The van der Waals surface area contributed by atoms with Crippen LogP contribution in [0.15, 0.2) is 24.3 Å². The number of unbranched alkanes of at least 4 members (excludes halogenated alkanes) is 1. The third-order valence-corrected chi connectivity index (χ3v) is 6.68. The summed E-state index contributed by atoms with van der Waals surface area (Å²) in [6.07, 6.45) is 21.5. The number of fused-ring (bicyclic) bond motifs is 2. The van der Waals surface area contributed by atoms with E-state index < -0.39 is 5.97 Å². The predicted octanol–water partition coefficient (Wildman–Crippen LogP) is 4.87. The zero-order valence-electron chi connectivity index (χ0n) is 16.5. The van der Waals surface area contributed by atoms with Crippen LogP contribution < -0.4 is 0 Å². The molecule has 3 aliphatic rings. The number of hydrogen-bond acceptors (Lipinski definition) is 3. The lowest BCUT2D eigenvalue weighted by Gasteiger charge is -2.26. The van der Waals surface area contributed by atoms with E-state index in [-0.39, 0.29) is 12.5 Å². The molecular weight excluding hydrogens is 340 g/mol. The Labute approximate surface area is 163 Å². The number of carbonyl (C=O) groups is 1. The lowest BCUT2D eigenvalue weighted by Crippen LogP contribution is -2.25. The van der Waals surface area contributed by atoms with Crippen molar-refractivity contribution in [2.24, 2.45) is 17.8 Å². The SMILES string of the molecule is O=C(O)CCC/C=C\C[C@H]1[C@H](/C=C/C(O)CC2CCCCC2)[C@@H]2CC[C@H]1O2. The van der Waals surface area contributed by atoms with Gasteiger partial charge in [0.1, 0.15) is 0 Å². The van der Waals surface area contributed by atoms with Gasteiger partial charge in [-0.2, -0.15) is 0 Å². The molecule has 2 heterocycles. The van der Waals surface area contributed by atoms with Crippen molar-refractivity contribution >= 4 is 5.97 Å². The lowest BCUT2D eigenvalue weighted by atomic mass is 9.77. The summed E-state index contributed by atoms with van der Waals surface area (Å²) in [5.74, 6) is 0.882.